The SMILES string of the molecule is CC(C)C[C@H](NC(=O)CNC(=O)OCc1ccccc1)C(=O)N[C@@H](CCCN=C(N)N)C(=O)N1CCC[C@H]1C(=O)NCC(N)=O. The number of guanidine groups is 1. The quantitative estimate of drug-likeness (QED) is 0.0604. The van der Waals surface area contributed by atoms with Crippen molar-refractivity contribution in [2.24, 2.45) is 28.1 Å². The average Bonchev–Trinajstić information content (AvgIpc) is 3.49. The van der Waals surface area contributed by atoms with Crippen LogP contribution in [0.1, 0.15) is 51.5 Å². The number of carbonyl (C=O) groups excluding carboxylic acids is 6. The Kier molecular flexibility index (Phi) is 15.1. The van der Waals surface area contributed by atoms with Gasteiger partial charge in [-0.05, 0) is 43.6 Å². The molecule has 0 spiro atoms. The predicted octanol–water partition coefficient (Wildman–Crippen LogP) is -1.43. The maximum atomic E-state index is 13.7. The number of aliphatic imine (C=N–C) groups is 1. The minimum Gasteiger partial charge on any atom is -0.445 e. The summed E-state index contributed by atoms with van der Waals surface area (Å²) in [5.74, 6) is -3.12. The lowest BCUT2D eigenvalue weighted by molar-refractivity contribution is -0.142. The average molecular weight is 632 g/mol. The van der Waals surface area contributed by atoms with Gasteiger partial charge < -0.3 is 48.1 Å². The molecule has 0 unspecified atom stereocenters. The molecule has 2 rings (SSSR count). The Bertz CT molecular complexity index is 1210. The van der Waals surface area contributed by atoms with Crippen molar-refractivity contribution in [1.29, 1.82) is 0 Å². The molecule has 45 heavy (non-hydrogen) atoms. The normalized spacial score (nSPS) is 15.4. The maximum Gasteiger partial charge on any atom is 0.407 e. The van der Waals surface area contributed by atoms with Crippen molar-refractivity contribution < 1.29 is 33.5 Å². The lowest BCUT2D eigenvalue weighted by Gasteiger charge is -2.30. The molecule has 248 valence electrons. The molecule has 3 atom stereocenters. The summed E-state index contributed by atoms with van der Waals surface area (Å²) in [5.41, 5.74) is 16.7. The van der Waals surface area contributed by atoms with Gasteiger partial charge in [-0.15, -0.1) is 0 Å². The van der Waals surface area contributed by atoms with Crippen LogP contribution >= 0.6 is 0 Å². The predicted molar refractivity (Wildman–Crippen MR) is 165 cm³/mol. The van der Waals surface area contributed by atoms with Crippen LogP contribution < -0.4 is 38.5 Å². The van der Waals surface area contributed by atoms with Crippen LogP contribution in [0, 0.1) is 5.92 Å². The molecule has 0 aromatic heterocycles. The number of nitrogens with one attached hydrogen (secondary N) is 4. The largest absolute Gasteiger partial charge is 0.445 e. The van der Waals surface area contributed by atoms with E-state index in [1.807, 2.05) is 19.9 Å². The molecule has 0 radical (unpaired) electrons. The molecule has 0 aliphatic carbocycles. The van der Waals surface area contributed by atoms with Gasteiger partial charge in [-0.2, -0.15) is 0 Å². The second-order valence-corrected chi connectivity index (χ2v) is 11.0. The number of hydrogen-bond donors (Lipinski definition) is 7. The molecule has 6 amide bonds. The van der Waals surface area contributed by atoms with Crippen molar-refractivity contribution in [3.05, 3.63) is 35.9 Å². The molecular formula is C29H45N9O7. The fourth-order valence-corrected chi connectivity index (χ4v) is 4.70. The van der Waals surface area contributed by atoms with Crippen LogP contribution in [0.4, 0.5) is 4.79 Å². The van der Waals surface area contributed by atoms with Gasteiger partial charge in [0, 0.05) is 13.1 Å². The fraction of sp³-hybridized carbons (Fsp3) is 0.552. The van der Waals surface area contributed by atoms with Crippen LogP contribution in [0.25, 0.3) is 0 Å². The molecule has 16 heteroatoms. The number of nitrogens with two attached hydrogens (primary N) is 3. The Labute approximate surface area is 262 Å². The Morgan fingerprint density at radius 3 is 2.33 bits per heavy atom. The van der Waals surface area contributed by atoms with Crippen LogP contribution in [0.5, 0.6) is 0 Å². The van der Waals surface area contributed by atoms with E-state index in [1.54, 1.807) is 24.3 Å². The van der Waals surface area contributed by atoms with Gasteiger partial charge in [0.2, 0.25) is 29.5 Å². The standard InChI is InChI=1S/C29H45N9O7/c1-18(2)14-21(36-24(40)16-35-29(44)45-17-19-8-4-3-5-9-19)25(41)37-20(10-6-12-33-28(31)32)27(43)38-13-7-11-22(38)26(42)34-15-23(30)39/h3-5,8-9,18,20-22H,6-7,10-17H2,1-2H3,(H2,30,39)(H,34,42)(H,35,44)(H,36,40)(H,37,41)(H4,31,32,33)/t20-,21-,22-/m0/s1. The Balaban J connectivity index is 2.07. The van der Waals surface area contributed by atoms with Gasteiger partial charge in [-0.25, -0.2) is 4.79 Å². The number of likely N-dealkylation sites (tertiary alicyclic amines) is 1. The van der Waals surface area contributed by atoms with Gasteiger partial charge >= 0.3 is 6.09 Å². The van der Waals surface area contributed by atoms with E-state index in [2.05, 4.69) is 26.3 Å². The first-order chi connectivity index (χ1) is 21.4. The third-order valence-corrected chi connectivity index (χ3v) is 6.80. The second-order valence-electron chi connectivity index (χ2n) is 11.0. The third-order valence-electron chi connectivity index (χ3n) is 6.80. The number of amides is 6. The third kappa shape index (κ3) is 13.5. The number of nitrogens with zero attached hydrogens (tertiary/aromatic N) is 2. The molecule has 1 aliphatic heterocycles. The van der Waals surface area contributed by atoms with Crippen LogP contribution in [0.3, 0.4) is 0 Å². The Hall–Kier alpha value is -4.89. The molecule has 16 nitrogen and oxygen atoms in total. The lowest BCUT2D eigenvalue weighted by atomic mass is 10.0. The monoisotopic (exact) mass is 631 g/mol. The highest BCUT2D eigenvalue weighted by Crippen LogP contribution is 2.20. The molecule has 10 N–H and O–H groups in total. The summed E-state index contributed by atoms with van der Waals surface area (Å²) in [6, 6.07) is 6.09. The number of hydrogen-bond acceptors (Lipinski definition) is 8. The first-order valence-electron chi connectivity index (χ1n) is 14.8. The van der Waals surface area contributed by atoms with E-state index in [4.69, 9.17) is 21.9 Å². The molecule has 0 bridgehead atoms. The molecule has 1 saturated heterocycles. The van der Waals surface area contributed by atoms with E-state index in [9.17, 15) is 28.8 Å². The Morgan fingerprint density at radius 1 is 0.978 bits per heavy atom. The summed E-state index contributed by atoms with van der Waals surface area (Å²) in [6.45, 7) is 3.41. The summed E-state index contributed by atoms with van der Waals surface area (Å²) >= 11 is 0. The molecule has 0 saturated carbocycles. The number of rotatable bonds is 17. The maximum absolute atomic E-state index is 13.7. The lowest BCUT2D eigenvalue weighted by Crippen LogP contribution is -2.57. The number of benzene rings is 1. The molecule has 1 fully saturated rings. The van der Waals surface area contributed by atoms with E-state index in [0.29, 0.717) is 19.3 Å². The number of alkyl carbamates (subject to hydrolysis) is 1. The van der Waals surface area contributed by atoms with Gasteiger partial charge in [-0.3, -0.25) is 29.0 Å². The summed E-state index contributed by atoms with van der Waals surface area (Å²) in [7, 11) is 0. The zero-order valence-electron chi connectivity index (χ0n) is 25.8. The number of carbonyl (C=O) groups is 6. The van der Waals surface area contributed by atoms with E-state index >= 15 is 0 Å². The van der Waals surface area contributed by atoms with E-state index in [-0.39, 0.29) is 51.0 Å². The van der Waals surface area contributed by atoms with E-state index in [0.717, 1.165) is 5.56 Å². The fourth-order valence-electron chi connectivity index (χ4n) is 4.70. The minimum absolute atomic E-state index is 0.0159. The summed E-state index contributed by atoms with van der Waals surface area (Å²) in [6.07, 6.45) is 0.833. The van der Waals surface area contributed by atoms with Gasteiger partial charge in [0.15, 0.2) is 5.96 Å². The summed E-state index contributed by atoms with van der Waals surface area (Å²) in [4.78, 5) is 81.0. The number of primary amides is 1. The van der Waals surface area contributed by atoms with Crippen LogP contribution in [0.2, 0.25) is 0 Å². The van der Waals surface area contributed by atoms with E-state index < -0.39 is 60.3 Å². The summed E-state index contributed by atoms with van der Waals surface area (Å²) in [5, 5.41) is 10.1. The Morgan fingerprint density at radius 2 is 1.69 bits per heavy atom. The van der Waals surface area contributed by atoms with Gasteiger partial charge in [0.05, 0.1) is 6.54 Å². The highest BCUT2D eigenvalue weighted by molar-refractivity contribution is 5.95. The second kappa shape index (κ2) is 18.7. The molecule has 1 aromatic rings. The minimum atomic E-state index is -1.06. The zero-order valence-corrected chi connectivity index (χ0v) is 25.8. The highest BCUT2D eigenvalue weighted by atomic mass is 16.5. The van der Waals surface area contributed by atoms with Crippen LogP contribution in [0.15, 0.2) is 35.3 Å². The van der Waals surface area contributed by atoms with Gasteiger partial charge in [0.1, 0.15) is 31.3 Å². The van der Waals surface area contributed by atoms with Crippen molar-refractivity contribution in [2.75, 3.05) is 26.2 Å². The zero-order chi connectivity index (χ0) is 33.4. The van der Waals surface area contributed by atoms with Crippen molar-refractivity contribution in [2.45, 2.75) is 70.7 Å². The molecular weight excluding hydrogens is 586 g/mol. The smallest absolute Gasteiger partial charge is 0.407 e. The molecule has 1 heterocycles. The van der Waals surface area contributed by atoms with Crippen molar-refractivity contribution in [3.63, 3.8) is 0 Å². The molecule has 1 aromatic carbocycles. The summed E-state index contributed by atoms with van der Waals surface area (Å²) < 4.78 is 5.11. The van der Waals surface area contributed by atoms with Crippen molar-refractivity contribution in [1.82, 2.24) is 26.2 Å². The van der Waals surface area contributed by atoms with Gasteiger partial charge in [0.25, 0.3) is 0 Å². The van der Waals surface area contributed by atoms with Crippen molar-refractivity contribution >= 4 is 41.6 Å². The first kappa shape index (κ1) is 36.3. The highest BCUT2D eigenvalue weighted by Gasteiger charge is 2.38. The van der Waals surface area contributed by atoms with Gasteiger partial charge in [-0.1, -0.05) is 44.2 Å². The topological polar surface area (TPSA) is 253 Å². The van der Waals surface area contributed by atoms with Crippen LogP contribution in [-0.4, -0.2) is 90.8 Å². The van der Waals surface area contributed by atoms with Crippen molar-refractivity contribution in [3.8, 4) is 0 Å². The van der Waals surface area contributed by atoms with E-state index in [1.165, 1.54) is 4.90 Å². The van der Waals surface area contributed by atoms with Crippen LogP contribution in [-0.2, 0) is 35.3 Å². The molecule has 1 aliphatic rings. The number of ether oxygens (including phenoxy) is 1. The first-order valence-corrected chi connectivity index (χ1v) is 14.8.